The second kappa shape index (κ2) is 5.38. The molecule has 0 saturated carbocycles. The second-order valence-electron chi connectivity index (χ2n) is 5.71. The van der Waals surface area contributed by atoms with Crippen LogP contribution in [-0.4, -0.2) is 0 Å². The molecule has 0 aliphatic heterocycles. The van der Waals surface area contributed by atoms with E-state index in [9.17, 15) is 0 Å². The van der Waals surface area contributed by atoms with Gasteiger partial charge in [0.1, 0.15) is 0 Å². The van der Waals surface area contributed by atoms with Gasteiger partial charge in [-0.3, -0.25) is 0 Å². The normalized spacial score (nSPS) is 11.9. The van der Waals surface area contributed by atoms with E-state index in [1.54, 1.807) is 0 Å². The summed E-state index contributed by atoms with van der Waals surface area (Å²) in [4.78, 5) is 2.63. The number of aryl methyl sites for hydroxylation is 2. The SMILES string of the molecule is Cc1ccc2cc(/C=C/c3cc4ccc(C)cc4s3)sc2c1. The summed E-state index contributed by atoms with van der Waals surface area (Å²) < 4.78 is 2.73. The van der Waals surface area contributed by atoms with Gasteiger partial charge in [0.2, 0.25) is 0 Å². The molecule has 0 amide bonds. The van der Waals surface area contributed by atoms with Gasteiger partial charge in [-0.1, -0.05) is 24.3 Å². The molecule has 4 aromatic rings. The minimum Gasteiger partial charge on any atom is -0.136 e. The van der Waals surface area contributed by atoms with Gasteiger partial charge in [0.15, 0.2) is 0 Å². The number of hydrogen-bond acceptors (Lipinski definition) is 2. The fraction of sp³-hybridized carbons (Fsp3) is 0.100. The minimum atomic E-state index is 1.31. The monoisotopic (exact) mass is 320 g/mol. The fourth-order valence-electron chi connectivity index (χ4n) is 2.65. The van der Waals surface area contributed by atoms with Crippen LogP contribution in [-0.2, 0) is 0 Å². The van der Waals surface area contributed by atoms with E-state index in [2.05, 4.69) is 74.5 Å². The van der Waals surface area contributed by atoms with Crippen molar-refractivity contribution in [3.8, 4) is 0 Å². The number of hydrogen-bond donors (Lipinski definition) is 0. The Balaban J connectivity index is 1.68. The molecule has 0 aliphatic carbocycles. The lowest BCUT2D eigenvalue weighted by Crippen LogP contribution is -1.67. The first kappa shape index (κ1) is 13.7. The summed E-state index contributed by atoms with van der Waals surface area (Å²) in [6, 6.07) is 17.8. The van der Waals surface area contributed by atoms with E-state index < -0.39 is 0 Å². The maximum Gasteiger partial charge on any atom is 0.0351 e. The Morgan fingerprint density at radius 3 is 1.55 bits per heavy atom. The highest BCUT2D eigenvalue weighted by Crippen LogP contribution is 2.30. The molecular weight excluding hydrogens is 304 g/mol. The third kappa shape index (κ3) is 2.60. The van der Waals surface area contributed by atoms with E-state index in [0.717, 1.165) is 0 Å². The van der Waals surface area contributed by atoms with Crippen LogP contribution >= 0.6 is 22.7 Å². The predicted molar refractivity (Wildman–Crippen MR) is 102 cm³/mol. The smallest absolute Gasteiger partial charge is 0.0351 e. The van der Waals surface area contributed by atoms with Gasteiger partial charge in [0, 0.05) is 19.2 Å². The van der Waals surface area contributed by atoms with E-state index in [1.165, 1.54) is 41.1 Å². The Kier molecular flexibility index (Phi) is 3.36. The molecule has 0 saturated heterocycles. The van der Waals surface area contributed by atoms with Crippen LogP contribution in [0.15, 0.2) is 48.5 Å². The highest BCUT2D eigenvalue weighted by atomic mass is 32.1. The highest BCUT2D eigenvalue weighted by Gasteiger charge is 2.01. The zero-order valence-corrected chi connectivity index (χ0v) is 14.2. The van der Waals surface area contributed by atoms with E-state index in [-0.39, 0.29) is 0 Å². The van der Waals surface area contributed by atoms with Crippen molar-refractivity contribution in [2.45, 2.75) is 13.8 Å². The Bertz CT molecular complexity index is 917. The fourth-order valence-corrected chi connectivity index (χ4v) is 4.78. The summed E-state index contributed by atoms with van der Waals surface area (Å²) in [5.74, 6) is 0. The average molecular weight is 320 g/mol. The molecule has 2 aromatic heterocycles. The summed E-state index contributed by atoms with van der Waals surface area (Å²) in [5, 5.41) is 2.67. The molecular formula is C20H16S2. The van der Waals surface area contributed by atoms with Gasteiger partial charge in [-0.25, -0.2) is 0 Å². The first-order chi connectivity index (χ1) is 10.7. The van der Waals surface area contributed by atoms with Crippen molar-refractivity contribution < 1.29 is 0 Å². The van der Waals surface area contributed by atoms with Gasteiger partial charge in [0.05, 0.1) is 0 Å². The molecule has 2 heteroatoms. The average Bonchev–Trinajstić information content (AvgIpc) is 3.07. The molecule has 4 rings (SSSR count). The number of benzene rings is 2. The van der Waals surface area contributed by atoms with Crippen molar-refractivity contribution in [3.05, 3.63) is 69.4 Å². The van der Waals surface area contributed by atoms with E-state index in [4.69, 9.17) is 0 Å². The Labute approximate surface area is 138 Å². The van der Waals surface area contributed by atoms with Crippen LogP contribution in [0.5, 0.6) is 0 Å². The topological polar surface area (TPSA) is 0 Å². The van der Waals surface area contributed by atoms with Gasteiger partial charge in [-0.15, -0.1) is 22.7 Å². The molecule has 0 atom stereocenters. The molecule has 0 N–H and O–H groups in total. The molecule has 2 aromatic carbocycles. The third-order valence-corrected chi connectivity index (χ3v) is 5.93. The molecule has 22 heavy (non-hydrogen) atoms. The summed E-state index contributed by atoms with van der Waals surface area (Å²) in [7, 11) is 0. The first-order valence-corrected chi connectivity index (χ1v) is 8.99. The summed E-state index contributed by atoms with van der Waals surface area (Å²) in [5.41, 5.74) is 2.65. The van der Waals surface area contributed by atoms with Crippen LogP contribution in [0.25, 0.3) is 32.3 Å². The lowest BCUT2D eigenvalue weighted by atomic mass is 10.2. The lowest BCUT2D eigenvalue weighted by molar-refractivity contribution is 1.52. The third-order valence-electron chi connectivity index (χ3n) is 3.80. The van der Waals surface area contributed by atoms with Crippen LogP contribution in [0, 0.1) is 13.8 Å². The summed E-state index contributed by atoms with van der Waals surface area (Å²) in [6.45, 7) is 4.29. The van der Waals surface area contributed by atoms with E-state index in [1.807, 2.05) is 22.7 Å². The second-order valence-corrected chi connectivity index (χ2v) is 7.94. The zero-order chi connectivity index (χ0) is 15.1. The van der Waals surface area contributed by atoms with Crippen LogP contribution in [0.2, 0.25) is 0 Å². The van der Waals surface area contributed by atoms with E-state index in [0.29, 0.717) is 0 Å². The van der Waals surface area contributed by atoms with Crippen molar-refractivity contribution in [3.63, 3.8) is 0 Å². The van der Waals surface area contributed by atoms with Crippen LogP contribution in [0.1, 0.15) is 20.9 Å². The molecule has 0 spiro atoms. The number of thiophene rings is 2. The Morgan fingerprint density at radius 1 is 0.636 bits per heavy atom. The van der Waals surface area contributed by atoms with Crippen molar-refractivity contribution in [1.29, 1.82) is 0 Å². The highest BCUT2D eigenvalue weighted by molar-refractivity contribution is 7.20. The van der Waals surface area contributed by atoms with Gasteiger partial charge >= 0.3 is 0 Å². The predicted octanol–water partition coefficient (Wildman–Crippen LogP) is 6.90. The molecule has 108 valence electrons. The molecule has 2 heterocycles. The van der Waals surface area contributed by atoms with Gasteiger partial charge in [-0.05, 0) is 72.2 Å². The molecule has 0 aliphatic rings. The van der Waals surface area contributed by atoms with Gasteiger partial charge < -0.3 is 0 Å². The van der Waals surface area contributed by atoms with Crippen molar-refractivity contribution in [2.24, 2.45) is 0 Å². The minimum absolute atomic E-state index is 1.31. The van der Waals surface area contributed by atoms with Crippen LogP contribution < -0.4 is 0 Å². The van der Waals surface area contributed by atoms with Crippen molar-refractivity contribution >= 4 is 55.0 Å². The number of rotatable bonds is 2. The van der Waals surface area contributed by atoms with Gasteiger partial charge in [0.25, 0.3) is 0 Å². The Hall–Kier alpha value is -1.90. The zero-order valence-electron chi connectivity index (χ0n) is 12.6. The summed E-state index contributed by atoms with van der Waals surface area (Å²) in [6.07, 6.45) is 4.47. The van der Waals surface area contributed by atoms with Crippen molar-refractivity contribution in [2.75, 3.05) is 0 Å². The maximum absolute atomic E-state index is 2.27. The largest absolute Gasteiger partial charge is 0.136 e. The van der Waals surface area contributed by atoms with E-state index >= 15 is 0 Å². The summed E-state index contributed by atoms with van der Waals surface area (Å²) >= 11 is 3.72. The molecule has 0 bridgehead atoms. The molecule has 0 fully saturated rings. The van der Waals surface area contributed by atoms with Gasteiger partial charge in [-0.2, -0.15) is 0 Å². The quantitative estimate of drug-likeness (QED) is 0.376. The van der Waals surface area contributed by atoms with Crippen molar-refractivity contribution in [1.82, 2.24) is 0 Å². The standard InChI is InChI=1S/C20H16S2/c1-13-3-5-15-11-17(21-19(15)9-13)7-8-18-12-16-6-4-14(2)10-20(16)22-18/h3-12H,1-2H3/b8-7+. The first-order valence-electron chi connectivity index (χ1n) is 7.36. The Morgan fingerprint density at radius 2 is 1.09 bits per heavy atom. The molecule has 0 unspecified atom stereocenters. The molecule has 0 nitrogen and oxygen atoms in total. The van der Waals surface area contributed by atoms with Crippen LogP contribution in [0.3, 0.4) is 0 Å². The number of fused-ring (bicyclic) bond motifs is 2. The molecule has 0 radical (unpaired) electrons. The lowest BCUT2D eigenvalue weighted by Gasteiger charge is -1.89. The maximum atomic E-state index is 2.27. The van der Waals surface area contributed by atoms with Crippen LogP contribution in [0.4, 0.5) is 0 Å².